The van der Waals surface area contributed by atoms with Crippen molar-refractivity contribution in [2.45, 2.75) is 44.9 Å². The van der Waals surface area contributed by atoms with Crippen LogP contribution in [0, 0.1) is 0 Å². The molecule has 0 amide bonds. The van der Waals surface area contributed by atoms with Gasteiger partial charge in [0, 0.05) is 38.0 Å². The summed E-state index contributed by atoms with van der Waals surface area (Å²) in [7, 11) is 0. The van der Waals surface area contributed by atoms with Crippen molar-refractivity contribution >= 4 is 39.4 Å². The zero-order valence-electron chi connectivity index (χ0n) is 21.1. The molecule has 6 rings (SSSR count). The summed E-state index contributed by atoms with van der Waals surface area (Å²) in [5.74, 6) is 0.690. The minimum Gasteiger partial charge on any atom is -0.379 e. The molecule has 0 aliphatic carbocycles. The maximum atomic E-state index is 6.65. The van der Waals surface area contributed by atoms with E-state index in [1.807, 2.05) is 23.0 Å². The van der Waals surface area contributed by atoms with Crippen LogP contribution in [0.1, 0.15) is 49.8 Å². The van der Waals surface area contributed by atoms with Crippen LogP contribution < -0.4 is 5.32 Å². The molecule has 194 valence electrons. The molecule has 0 spiro atoms. The highest BCUT2D eigenvalue weighted by atomic mass is 35.5. The van der Waals surface area contributed by atoms with E-state index in [2.05, 4.69) is 44.2 Å². The molecule has 2 saturated heterocycles. The second-order valence-electron chi connectivity index (χ2n) is 9.77. The lowest BCUT2D eigenvalue weighted by Gasteiger charge is -2.26. The van der Waals surface area contributed by atoms with Gasteiger partial charge in [0.2, 0.25) is 0 Å². The van der Waals surface area contributed by atoms with Crippen LogP contribution in [0.2, 0.25) is 5.02 Å². The first-order valence-corrected chi connectivity index (χ1v) is 13.5. The average Bonchev–Trinajstić information content (AvgIpc) is 3.38. The van der Waals surface area contributed by atoms with Gasteiger partial charge in [-0.2, -0.15) is 0 Å². The van der Waals surface area contributed by atoms with Crippen LogP contribution in [-0.4, -0.2) is 68.9 Å². The van der Waals surface area contributed by atoms with E-state index < -0.39 is 0 Å². The molecule has 10 heteroatoms. The van der Waals surface area contributed by atoms with E-state index in [0.717, 1.165) is 103 Å². The molecule has 0 radical (unpaired) electrons. The quantitative estimate of drug-likeness (QED) is 0.372. The fourth-order valence-corrected chi connectivity index (χ4v) is 5.54. The first-order valence-electron chi connectivity index (χ1n) is 13.1. The Morgan fingerprint density at radius 3 is 2.86 bits per heavy atom. The molecule has 3 aromatic heterocycles. The lowest BCUT2D eigenvalue weighted by molar-refractivity contribution is -0.0298. The number of fused-ring (bicyclic) bond motifs is 2. The number of morpholine rings is 1. The molecule has 1 unspecified atom stereocenters. The minimum absolute atomic E-state index is 0.0279. The Kier molecular flexibility index (Phi) is 7.19. The number of nitrogens with zero attached hydrogens (tertiary/aromatic N) is 6. The van der Waals surface area contributed by atoms with E-state index in [-0.39, 0.29) is 12.3 Å². The van der Waals surface area contributed by atoms with E-state index in [9.17, 15) is 0 Å². The Hall–Kier alpha value is -2.85. The lowest BCUT2D eigenvalue weighted by Crippen LogP contribution is -2.37. The lowest BCUT2D eigenvalue weighted by atomic mass is 10.0. The van der Waals surface area contributed by atoms with Crippen LogP contribution in [0.5, 0.6) is 0 Å². The number of nitrogens with one attached hydrogen (secondary N) is 1. The predicted molar refractivity (Wildman–Crippen MR) is 144 cm³/mol. The third-order valence-electron chi connectivity index (χ3n) is 7.29. The second-order valence-corrected chi connectivity index (χ2v) is 10.2. The maximum Gasteiger partial charge on any atom is 0.167 e. The summed E-state index contributed by atoms with van der Waals surface area (Å²) >= 11 is 6.65. The molecule has 2 fully saturated rings. The number of halogens is 1. The molecular formula is C27H32ClN7O2. The van der Waals surface area contributed by atoms with Gasteiger partial charge in [0.05, 0.1) is 42.0 Å². The van der Waals surface area contributed by atoms with Gasteiger partial charge >= 0.3 is 0 Å². The van der Waals surface area contributed by atoms with Gasteiger partial charge in [-0.05, 0) is 43.7 Å². The molecule has 0 saturated carbocycles. The molecular weight excluding hydrogens is 490 g/mol. The van der Waals surface area contributed by atoms with E-state index in [1.165, 1.54) is 0 Å². The van der Waals surface area contributed by atoms with Gasteiger partial charge in [0.15, 0.2) is 17.0 Å². The van der Waals surface area contributed by atoms with E-state index in [1.54, 1.807) is 6.33 Å². The normalized spacial score (nSPS) is 19.9. The highest BCUT2D eigenvalue weighted by molar-refractivity contribution is 6.35. The molecule has 1 aromatic carbocycles. The van der Waals surface area contributed by atoms with Gasteiger partial charge in [-0.3, -0.25) is 14.5 Å². The van der Waals surface area contributed by atoms with Crippen molar-refractivity contribution in [3.05, 3.63) is 53.3 Å². The number of imidazole rings is 1. The average molecular weight is 522 g/mol. The Bertz CT molecular complexity index is 1380. The molecule has 37 heavy (non-hydrogen) atoms. The van der Waals surface area contributed by atoms with Gasteiger partial charge in [0.1, 0.15) is 12.6 Å². The zero-order chi connectivity index (χ0) is 25.2. The van der Waals surface area contributed by atoms with Crippen LogP contribution in [0.3, 0.4) is 0 Å². The number of pyridine rings is 1. The maximum absolute atomic E-state index is 6.65. The predicted octanol–water partition coefficient (Wildman–Crippen LogP) is 4.77. The second kappa shape index (κ2) is 10.9. The first-order chi connectivity index (χ1) is 18.2. The van der Waals surface area contributed by atoms with Crippen molar-refractivity contribution in [2.24, 2.45) is 0 Å². The number of benzene rings is 1. The Morgan fingerprint density at radius 2 is 2.03 bits per heavy atom. The summed E-state index contributed by atoms with van der Waals surface area (Å²) in [6.07, 6.45) is 7.39. The van der Waals surface area contributed by atoms with Gasteiger partial charge < -0.3 is 14.8 Å². The van der Waals surface area contributed by atoms with Gasteiger partial charge in [0.25, 0.3) is 0 Å². The largest absolute Gasteiger partial charge is 0.379 e. The Labute approximate surface area is 221 Å². The number of anilines is 1. The number of aromatic nitrogens is 5. The van der Waals surface area contributed by atoms with Crippen LogP contribution in [0.15, 0.2) is 36.9 Å². The number of ether oxygens (including phenoxy) is 2. The summed E-state index contributed by atoms with van der Waals surface area (Å²) in [5.41, 5.74) is 3.47. The number of hydrogen-bond acceptors (Lipinski definition) is 8. The molecule has 0 bridgehead atoms. The first kappa shape index (κ1) is 24.5. The molecule has 4 aromatic rings. The molecule has 1 N–H and O–H groups in total. The zero-order valence-corrected chi connectivity index (χ0v) is 21.8. The molecule has 2 atom stereocenters. The summed E-state index contributed by atoms with van der Waals surface area (Å²) in [6, 6.07) is 8.05. The van der Waals surface area contributed by atoms with Crippen LogP contribution in [0.25, 0.3) is 21.9 Å². The van der Waals surface area contributed by atoms with E-state index in [4.69, 9.17) is 26.1 Å². The van der Waals surface area contributed by atoms with Crippen molar-refractivity contribution in [1.29, 1.82) is 0 Å². The third-order valence-corrected chi connectivity index (χ3v) is 7.61. The van der Waals surface area contributed by atoms with Crippen molar-refractivity contribution in [2.75, 3.05) is 44.8 Å². The third kappa shape index (κ3) is 5.13. The fraction of sp³-hybridized carbons (Fsp3) is 0.481. The van der Waals surface area contributed by atoms with Gasteiger partial charge in [-0.1, -0.05) is 23.7 Å². The van der Waals surface area contributed by atoms with Crippen molar-refractivity contribution in [3.8, 4) is 0 Å². The molecule has 5 heterocycles. The van der Waals surface area contributed by atoms with Crippen molar-refractivity contribution in [1.82, 2.24) is 29.4 Å². The molecule has 2 aliphatic rings. The highest BCUT2D eigenvalue weighted by Crippen LogP contribution is 2.31. The van der Waals surface area contributed by atoms with Crippen molar-refractivity contribution < 1.29 is 9.47 Å². The van der Waals surface area contributed by atoms with Crippen LogP contribution in [-0.2, 0) is 15.9 Å². The SMILES string of the molecule is C[C@H](Nc1ncnc2c1ncn2C1CCCCO1)c1cc2cccc(Cl)c2c(CCN2CCOCC2)n1. The summed E-state index contributed by atoms with van der Waals surface area (Å²) in [5, 5.41) is 6.40. The summed E-state index contributed by atoms with van der Waals surface area (Å²) < 4.78 is 13.5. The fourth-order valence-electron chi connectivity index (χ4n) is 5.25. The monoisotopic (exact) mass is 521 g/mol. The number of hydrogen-bond donors (Lipinski definition) is 1. The smallest absolute Gasteiger partial charge is 0.167 e. The summed E-state index contributed by atoms with van der Waals surface area (Å²) in [4.78, 5) is 21.2. The van der Waals surface area contributed by atoms with Gasteiger partial charge in [-0.15, -0.1) is 0 Å². The molecule has 2 aliphatic heterocycles. The summed E-state index contributed by atoms with van der Waals surface area (Å²) in [6.45, 7) is 7.26. The highest BCUT2D eigenvalue weighted by Gasteiger charge is 2.22. The Balaban J connectivity index is 1.28. The topological polar surface area (TPSA) is 90.2 Å². The standard InChI is InChI=1S/C27H32ClN7O2/c1-18(32-26-25-27(30-16-29-26)35(17-31-25)23-7-2-3-12-37-23)22-15-19-5-4-6-20(28)24(19)21(33-22)8-9-34-10-13-36-14-11-34/h4-6,15-18,23H,2-3,7-14H2,1H3,(H,29,30,32)/t18-,23?/m0/s1. The van der Waals surface area contributed by atoms with E-state index in [0.29, 0.717) is 5.82 Å². The van der Waals surface area contributed by atoms with Crippen LogP contribution >= 0.6 is 11.6 Å². The Morgan fingerprint density at radius 1 is 1.14 bits per heavy atom. The minimum atomic E-state index is -0.0975. The van der Waals surface area contributed by atoms with Crippen molar-refractivity contribution in [3.63, 3.8) is 0 Å². The van der Waals surface area contributed by atoms with Gasteiger partial charge in [-0.25, -0.2) is 15.0 Å². The molecule has 9 nitrogen and oxygen atoms in total. The van der Waals surface area contributed by atoms with Crippen LogP contribution in [0.4, 0.5) is 5.82 Å². The van der Waals surface area contributed by atoms with E-state index >= 15 is 0 Å². The number of rotatable bonds is 7.